The van der Waals surface area contributed by atoms with Gasteiger partial charge in [-0.1, -0.05) is 29.8 Å². The van der Waals surface area contributed by atoms with E-state index in [1.54, 1.807) is 30.3 Å². The second-order valence-electron chi connectivity index (χ2n) is 4.10. The van der Waals surface area contributed by atoms with Crippen LogP contribution < -0.4 is 11.1 Å². The molecule has 1 heterocycles. The zero-order chi connectivity index (χ0) is 15.2. The fraction of sp³-hybridized carbons (Fsp3) is 0.0714. The van der Waals surface area contributed by atoms with Crippen molar-refractivity contribution in [3.05, 3.63) is 58.9 Å². The van der Waals surface area contributed by atoms with E-state index in [9.17, 15) is 9.59 Å². The Morgan fingerprint density at radius 2 is 2.00 bits per heavy atom. The maximum Gasteiger partial charge on any atom is 0.411 e. The third-order valence-corrected chi connectivity index (χ3v) is 2.81. The van der Waals surface area contributed by atoms with Crippen LogP contribution in [0.25, 0.3) is 0 Å². The first-order chi connectivity index (χ1) is 10.1. The largest absolute Gasteiger partial charge is 0.444 e. The molecular formula is C14H12ClN3O3. The van der Waals surface area contributed by atoms with Gasteiger partial charge in [0.05, 0.1) is 11.3 Å². The van der Waals surface area contributed by atoms with Crippen LogP contribution in [0.1, 0.15) is 15.9 Å². The molecule has 2 aromatic rings. The molecule has 21 heavy (non-hydrogen) atoms. The van der Waals surface area contributed by atoms with Crippen molar-refractivity contribution in [2.24, 2.45) is 5.73 Å². The number of carbonyl (C=O) groups excluding carboxylic acids is 2. The van der Waals surface area contributed by atoms with Crippen molar-refractivity contribution in [3.8, 4) is 0 Å². The number of aromatic nitrogens is 1. The van der Waals surface area contributed by atoms with Crippen LogP contribution >= 0.6 is 11.6 Å². The van der Waals surface area contributed by atoms with E-state index >= 15 is 0 Å². The van der Waals surface area contributed by atoms with Crippen molar-refractivity contribution in [2.45, 2.75) is 6.61 Å². The Kier molecular flexibility index (Phi) is 4.73. The molecule has 1 aromatic carbocycles. The first kappa shape index (κ1) is 14.8. The first-order valence-corrected chi connectivity index (χ1v) is 6.37. The average Bonchev–Trinajstić information content (AvgIpc) is 2.47. The lowest BCUT2D eigenvalue weighted by Crippen LogP contribution is -2.18. The summed E-state index contributed by atoms with van der Waals surface area (Å²) in [4.78, 5) is 26.8. The summed E-state index contributed by atoms with van der Waals surface area (Å²) in [6.07, 6.45) is 0.811. The predicted octanol–water partition coefficient (Wildman–Crippen LogP) is 2.58. The number of hydrogen-bond donors (Lipinski definition) is 2. The molecule has 0 saturated heterocycles. The third-order valence-electron chi connectivity index (χ3n) is 2.59. The van der Waals surface area contributed by atoms with E-state index in [-0.39, 0.29) is 12.2 Å². The van der Waals surface area contributed by atoms with E-state index in [0.29, 0.717) is 16.4 Å². The summed E-state index contributed by atoms with van der Waals surface area (Å²) in [5, 5.41) is 2.82. The molecule has 2 amide bonds. The summed E-state index contributed by atoms with van der Waals surface area (Å²) < 4.78 is 5.02. The minimum atomic E-state index is -0.696. The number of benzene rings is 1. The lowest BCUT2D eigenvalue weighted by Gasteiger charge is -2.09. The smallest absolute Gasteiger partial charge is 0.411 e. The van der Waals surface area contributed by atoms with E-state index in [0.717, 1.165) is 0 Å². The Bertz CT molecular complexity index is 659. The van der Waals surface area contributed by atoms with E-state index in [1.807, 2.05) is 0 Å². The number of rotatable bonds is 4. The van der Waals surface area contributed by atoms with Gasteiger partial charge >= 0.3 is 6.09 Å². The lowest BCUT2D eigenvalue weighted by molar-refractivity contribution is 0.100. The molecule has 0 saturated carbocycles. The summed E-state index contributed by atoms with van der Waals surface area (Å²) in [7, 11) is 0. The van der Waals surface area contributed by atoms with Crippen LogP contribution in [-0.4, -0.2) is 17.0 Å². The highest BCUT2D eigenvalue weighted by molar-refractivity contribution is 6.29. The molecule has 3 N–H and O–H groups in total. The molecule has 7 heteroatoms. The number of halogens is 1. The van der Waals surface area contributed by atoms with Gasteiger partial charge in [-0.2, -0.15) is 0 Å². The van der Waals surface area contributed by atoms with Gasteiger partial charge in [-0.3, -0.25) is 10.1 Å². The molecule has 0 bridgehead atoms. The number of nitrogens with zero attached hydrogens (tertiary/aromatic N) is 1. The zero-order valence-corrected chi connectivity index (χ0v) is 11.6. The summed E-state index contributed by atoms with van der Waals surface area (Å²) in [6.45, 7) is 0.0364. The summed E-state index contributed by atoms with van der Waals surface area (Å²) in [5.41, 5.74) is 6.42. The van der Waals surface area contributed by atoms with Gasteiger partial charge in [0.15, 0.2) is 0 Å². The minimum absolute atomic E-state index is 0.0364. The van der Waals surface area contributed by atoms with Crippen molar-refractivity contribution >= 4 is 29.3 Å². The van der Waals surface area contributed by atoms with Crippen molar-refractivity contribution in [3.63, 3.8) is 0 Å². The highest BCUT2D eigenvalue weighted by Gasteiger charge is 2.11. The number of nitrogens with one attached hydrogen (secondary N) is 1. The van der Waals surface area contributed by atoms with Gasteiger partial charge in [-0.25, -0.2) is 9.78 Å². The monoisotopic (exact) mass is 305 g/mol. The molecule has 0 aliphatic rings. The molecule has 0 atom stereocenters. The fourth-order valence-electron chi connectivity index (χ4n) is 1.59. The number of carbonyl (C=O) groups is 2. The van der Waals surface area contributed by atoms with Crippen LogP contribution in [0.3, 0.4) is 0 Å². The first-order valence-electron chi connectivity index (χ1n) is 5.99. The van der Waals surface area contributed by atoms with E-state index in [2.05, 4.69) is 10.3 Å². The summed E-state index contributed by atoms with van der Waals surface area (Å²) >= 11 is 5.65. The molecule has 0 radical (unpaired) electrons. The molecule has 1 aromatic heterocycles. The molecular weight excluding hydrogens is 294 g/mol. The maximum absolute atomic E-state index is 11.7. The number of hydrogen-bond acceptors (Lipinski definition) is 4. The van der Waals surface area contributed by atoms with Crippen LogP contribution in [0.5, 0.6) is 0 Å². The van der Waals surface area contributed by atoms with Gasteiger partial charge in [0.25, 0.3) is 5.91 Å². The van der Waals surface area contributed by atoms with Crippen molar-refractivity contribution in [1.29, 1.82) is 0 Å². The van der Waals surface area contributed by atoms with Crippen LogP contribution in [0, 0.1) is 0 Å². The SMILES string of the molecule is NC(=O)c1ccccc1NC(=O)OCc1ccc(Cl)nc1. The predicted molar refractivity (Wildman–Crippen MR) is 78.0 cm³/mol. The minimum Gasteiger partial charge on any atom is -0.444 e. The van der Waals surface area contributed by atoms with Crippen LogP contribution in [0.15, 0.2) is 42.6 Å². The van der Waals surface area contributed by atoms with E-state index in [4.69, 9.17) is 22.1 Å². The van der Waals surface area contributed by atoms with Crippen molar-refractivity contribution < 1.29 is 14.3 Å². The van der Waals surface area contributed by atoms with Crippen molar-refractivity contribution in [1.82, 2.24) is 4.98 Å². The van der Waals surface area contributed by atoms with Crippen LogP contribution in [0.2, 0.25) is 5.15 Å². The standard InChI is InChI=1S/C14H12ClN3O3/c15-12-6-5-9(7-17-12)8-21-14(20)18-11-4-2-1-3-10(11)13(16)19/h1-7H,8H2,(H2,16,19)(H,18,20). The number of pyridine rings is 1. The second-order valence-corrected chi connectivity index (χ2v) is 4.49. The molecule has 0 unspecified atom stereocenters. The zero-order valence-electron chi connectivity index (χ0n) is 10.9. The molecule has 0 fully saturated rings. The highest BCUT2D eigenvalue weighted by Crippen LogP contribution is 2.15. The number of primary amides is 1. The Hall–Kier alpha value is -2.60. The molecule has 2 rings (SSSR count). The molecule has 6 nitrogen and oxygen atoms in total. The summed E-state index contributed by atoms with van der Waals surface area (Å²) in [6, 6.07) is 9.69. The number of amides is 2. The Morgan fingerprint density at radius 3 is 2.67 bits per heavy atom. The molecule has 0 aliphatic carbocycles. The average molecular weight is 306 g/mol. The Labute approximate surface area is 125 Å². The topological polar surface area (TPSA) is 94.3 Å². The number of para-hydroxylation sites is 1. The molecule has 0 aliphatic heterocycles. The molecule has 108 valence electrons. The lowest BCUT2D eigenvalue weighted by atomic mass is 10.1. The van der Waals surface area contributed by atoms with Gasteiger partial charge in [0, 0.05) is 11.8 Å². The Balaban J connectivity index is 1.96. The van der Waals surface area contributed by atoms with Crippen molar-refractivity contribution in [2.75, 3.05) is 5.32 Å². The Morgan fingerprint density at radius 1 is 1.24 bits per heavy atom. The van der Waals surface area contributed by atoms with Gasteiger partial charge in [-0.05, 0) is 18.2 Å². The fourth-order valence-corrected chi connectivity index (χ4v) is 1.71. The quantitative estimate of drug-likeness (QED) is 0.849. The normalized spacial score (nSPS) is 9.95. The van der Waals surface area contributed by atoms with E-state index in [1.165, 1.54) is 12.3 Å². The third kappa shape index (κ3) is 4.19. The van der Waals surface area contributed by atoms with Crippen LogP contribution in [-0.2, 0) is 11.3 Å². The van der Waals surface area contributed by atoms with Gasteiger partial charge < -0.3 is 10.5 Å². The maximum atomic E-state index is 11.7. The van der Waals surface area contributed by atoms with Gasteiger partial charge in [0.2, 0.25) is 0 Å². The van der Waals surface area contributed by atoms with Gasteiger partial charge in [-0.15, -0.1) is 0 Å². The number of nitrogens with two attached hydrogens (primary N) is 1. The van der Waals surface area contributed by atoms with E-state index < -0.39 is 12.0 Å². The summed E-state index contributed by atoms with van der Waals surface area (Å²) in [5.74, 6) is -0.632. The number of anilines is 1. The number of ether oxygens (including phenoxy) is 1. The second kappa shape index (κ2) is 6.71. The molecule has 0 spiro atoms. The van der Waals surface area contributed by atoms with Crippen LogP contribution in [0.4, 0.5) is 10.5 Å². The van der Waals surface area contributed by atoms with Gasteiger partial charge in [0.1, 0.15) is 11.8 Å². The highest BCUT2D eigenvalue weighted by atomic mass is 35.5.